The van der Waals surface area contributed by atoms with Gasteiger partial charge in [0.05, 0.1) is 11.1 Å². The summed E-state index contributed by atoms with van der Waals surface area (Å²) in [4.78, 5) is 2.51. The third-order valence-electron chi connectivity index (χ3n) is 14.7. The van der Waals surface area contributed by atoms with Gasteiger partial charge in [-0.05, 0) is 131 Å². The lowest BCUT2D eigenvalue weighted by atomic mass is 9.70. The molecule has 1 spiro atoms. The molecule has 65 heavy (non-hydrogen) atoms. The van der Waals surface area contributed by atoms with Gasteiger partial charge in [-0.2, -0.15) is 0 Å². The molecule has 3 aliphatic rings. The number of anilines is 3. The van der Waals surface area contributed by atoms with E-state index in [9.17, 15) is 0 Å². The van der Waals surface area contributed by atoms with Crippen molar-refractivity contribution in [3.05, 3.63) is 270 Å². The highest BCUT2D eigenvalue weighted by Crippen LogP contribution is 2.64. The first-order valence-corrected chi connectivity index (χ1v) is 22.8. The minimum Gasteiger partial charge on any atom is -0.310 e. The van der Waals surface area contributed by atoms with Gasteiger partial charge in [0, 0.05) is 22.4 Å². The first-order chi connectivity index (χ1) is 32.0. The molecule has 10 aromatic rings. The molecule has 0 saturated heterocycles. The summed E-state index contributed by atoms with van der Waals surface area (Å²) in [6.45, 7) is 4.75. The lowest BCUT2D eigenvalue weighted by Crippen LogP contribution is -2.25. The molecule has 0 bridgehead atoms. The van der Waals surface area contributed by atoms with E-state index < -0.39 is 5.41 Å². The molecule has 0 fully saturated rings. The molecular formula is C64H45N. The van der Waals surface area contributed by atoms with E-state index in [1.807, 2.05) is 0 Å². The van der Waals surface area contributed by atoms with Crippen LogP contribution in [-0.2, 0) is 10.8 Å². The van der Waals surface area contributed by atoms with Crippen LogP contribution in [-0.4, -0.2) is 0 Å². The van der Waals surface area contributed by atoms with Crippen molar-refractivity contribution in [3.8, 4) is 66.8 Å². The van der Waals surface area contributed by atoms with Gasteiger partial charge in [0.15, 0.2) is 0 Å². The summed E-state index contributed by atoms with van der Waals surface area (Å²) < 4.78 is 0. The molecule has 0 N–H and O–H groups in total. The van der Waals surface area contributed by atoms with Crippen molar-refractivity contribution < 1.29 is 0 Å². The normalized spacial score (nSPS) is 13.9. The average Bonchev–Trinajstić information content (AvgIpc) is 3.93. The van der Waals surface area contributed by atoms with Crippen LogP contribution in [0.15, 0.2) is 237 Å². The van der Waals surface area contributed by atoms with Crippen molar-refractivity contribution >= 4 is 17.1 Å². The summed E-state index contributed by atoms with van der Waals surface area (Å²) in [5.41, 5.74) is 25.9. The Morgan fingerprint density at radius 1 is 0.277 bits per heavy atom. The number of benzene rings is 10. The molecule has 0 aromatic heterocycles. The monoisotopic (exact) mass is 827 g/mol. The quantitative estimate of drug-likeness (QED) is 0.161. The molecule has 13 rings (SSSR count). The third-order valence-corrected chi connectivity index (χ3v) is 14.7. The number of rotatable bonds is 6. The van der Waals surface area contributed by atoms with Crippen LogP contribution in [0, 0.1) is 0 Å². The molecule has 3 aliphatic carbocycles. The van der Waals surface area contributed by atoms with Gasteiger partial charge in [-0.15, -0.1) is 0 Å². The predicted octanol–water partition coefficient (Wildman–Crippen LogP) is 16.8. The van der Waals surface area contributed by atoms with E-state index in [-0.39, 0.29) is 5.41 Å². The topological polar surface area (TPSA) is 3.24 Å². The standard InChI is InChI=1S/C64H45N/c1-63(2)55-27-13-9-22-48(55)51-38-37-47(41-60(51)63)65(46-35-32-44(33-36-46)42-18-5-3-6-19-42)61-39-34-45(43-20-7-4-8-21-43)40-54(61)52-26-17-31-59-62(52)53-25-12-16-30-58(53)64(59)56-28-14-10-23-49(56)50-24-11-15-29-57(50)64/h3-41H,1-2H3. The second kappa shape index (κ2) is 14.3. The molecular weight excluding hydrogens is 783 g/mol. The van der Waals surface area contributed by atoms with E-state index in [2.05, 4.69) is 255 Å². The number of nitrogens with zero attached hydrogens (tertiary/aromatic N) is 1. The zero-order valence-corrected chi connectivity index (χ0v) is 36.5. The molecule has 0 heterocycles. The molecule has 0 aliphatic heterocycles. The van der Waals surface area contributed by atoms with Crippen molar-refractivity contribution in [3.63, 3.8) is 0 Å². The Labute approximate surface area is 381 Å². The fourth-order valence-electron chi connectivity index (χ4n) is 11.8. The van der Waals surface area contributed by atoms with E-state index in [0.717, 1.165) is 17.1 Å². The first kappa shape index (κ1) is 37.5. The highest BCUT2D eigenvalue weighted by atomic mass is 15.1. The van der Waals surface area contributed by atoms with Crippen LogP contribution < -0.4 is 4.90 Å². The van der Waals surface area contributed by atoms with Crippen molar-refractivity contribution in [2.45, 2.75) is 24.7 Å². The molecule has 10 aromatic carbocycles. The van der Waals surface area contributed by atoms with Crippen LogP contribution >= 0.6 is 0 Å². The van der Waals surface area contributed by atoms with E-state index >= 15 is 0 Å². The average molecular weight is 828 g/mol. The van der Waals surface area contributed by atoms with Gasteiger partial charge in [0.2, 0.25) is 0 Å². The summed E-state index contributed by atoms with van der Waals surface area (Å²) in [5, 5.41) is 0. The molecule has 0 amide bonds. The van der Waals surface area contributed by atoms with Gasteiger partial charge in [0.1, 0.15) is 0 Å². The molecule has 1 nitrogen and oxygen atoms in total. The van der Waals surface area contributed by atoms with Crippen molar-refractivity contribution in [1.29, 1.82) is 0 Å². The summed E-state index contributed by atoms with van der Waals surface area (Å²) >= 11 is 0. The van der Waals surface area contributed by atoms with Gasteiger partial charge in [-0.3, -0.25) is 0 Å². The van der Waals surface area contributed by atoms with Crippen LogP contribution in [0.1, 0.15) is 47.2 Å². The number of hydrogen-bond donors (Lipinski definition) is 0. The number of fused-ring (bicyclic) bond motifs is 13. The second-order valence-corrected chi connectivity index (χ2v) is 18.4. The fraction of sp³-hybridized carbons (Fsp3) is 0.0625. The summed E-state index contributed by atoms with van der Waals surface area (Å²) in [6, 6.07) is 88.3. The van der Waals surface area contributed by atoms with Crippen LogP contribution in [0.2, 0.25) is 0 Å². The Balaban J connectivity index is 1.09. The van der Waals surface area contributed by atoms with Crippen LogP contribution in [0.25, 0.3) is 66.8 Å². The zero-order valence-electron chi connectivity index (χ0n) is 36.5. The largest absolute Gasteiger partial charge is 0.310 e. The minimum atomic E-state index is -0.445. The maximum absolute atomic E-state index is 2.51. The fourth-order valence-corrected chi connectivity index (χ4v) is 11.8. The van der Waals surface area contributed by atoms with Crippen molar-refractivity contribution in [1.82, 2.24) is 0 Å². The first-order valence-electron chi connectivity index (χ1n) is 22.8. The highest BCUT2D eigenvalue weighted by molar-refractivity contribution is 6.03. The Morgan fingerprint density at radius 2 is 0.723 bits per heavy atom. The lowest BCUT2D eigenvalue weighted by molar-refractivity contribution is 0.660. The zero-order chi connectivity index (χ0) is 43.3. The Bertz CT molecular complexity index is 3460. The van der Waals surface area contributed by atoms with Crippen LogP contribution in [0.3, 0.4) is 0 Å². The molecule has 0 radical (unpaired) electrons. The van der Waals surface area contributed by atoms with Gasteiger partial charge >= 0.3 is 0 Å². The number of hydrogen-bond acceptors (Lipinski definition) is 1. The lowest BCUT2D eigenvalue weighted by Gasteiger charge is -2.31. The maximum Gasteiger partial charge on any atom is 0.0725 e. The molecule has 0 saturated carbocycles. The summed E-state index contributed by atoms with van der Waals surface area (Å²) in [6.07, 6.45) is 0. The van der Waals surface area contributed by atoms with E-state index in [4.69, 9.17) is 0 Å². The van der Waals surface area contributed by atoms with E-state index in [0.29, 0.717) is 0 Å². The van der Waals surface area contributed by atoms with Gasteiger partial charge in [0.25, 0.3) is 0 Å². The van der Waals surface area contributed by atoms with E-state index in [1.54, 1.807) is 0 Å². The molecule has 0 atom stereocenters. The Kier molecular flexibility index (Phi) is 8.24. The van der Waals surface area contributed by atoms with Crippen molar-refractivity contribution in [2.75, 3.05) is 4.90 Å². The van der Waals surface area contributed by atoms with Gasteiger partial charge < -0.3 is 4.90 Å². The predicted molar refractivity (Wildman–Crippen MR) is 271 cm³/mol. The smallest absolute Gasteiger partial charge is 0.0725 e. The van der Waals surface area contributed by atoms with E-state index in [1.165, 1.54) is 100 Å². The summed E-state index contributed by atoms with van der Waals surface area (Å²) in [5.74, 6) is 0. The van der Waals surface area contributed by atoms with Gasteiger partial charge in [-0.1, -0.05) is 214 Å². The minimum absolute atomic E-state index is 0.156. The highest BCUT2D eigenvalue weighted by Gasteiger charge is 2.52. The second-order valence-electron chi connectivity index (χ2n) is 18.4. The SMILES string of the molecule is CC1(C)c2ccccc2-c2ccc(N(c3ccc(-c4ccccc4)cc3)c3ccc(-c4ccccc4)cc3-c3cccc4c3-c3ccccc3C43c4ccccc4-c4ccccc43)cc21. The Hall–Kier alpha value is -8.00. The maximum atomic E-state index is 2.51. The third kappa shape index (κ3) is 5.39. The van der Waals surface area contributed by atoms with Gasteiger partial charge in [-0.25, -0.2) is 0 Å². The van der Waals surface area contributed by atoms with Crippen LogP contribution in [0.5, 0.6) is 0 Å². The molecule has 306 valence electrons. The molecule has 1 heteroatoms. The van der Waals surface area contributed by atoms with Crippen molar-refractivity contribution in [2.24, 2.45) is 0 Å². The van der Waals surface area contributed by atoms with Crippen LogP contribution in [0.4, 0.5) is 17.1 Å². The Morgan fingerprint density at radius 3 is 1.37 bits per heavy atom. The molecule has 0 unspecified atom stereocenters. The summed E-state index contributed by atoms with van der Waals surface area (Å²) in [7, 11) is 0.